The molecule has 0 aromatic carbocycles. The molecule has 1 N–H and O–H groups in total. The molecule has 4 nitrogen and oxygen atoms in total. The second-order valence-corrected chi connectivity index (χ2v) is 7.85. The number of hydrogen-bond acceptors (Lipinski definition) is 3. The van der Waals surface area contributed by atoms with Gasteiger partial charge in [0.15, 0.2) is 0 Å². The average molecular weight is 348 g/mol. The first kappa shape index (κ1) is 18.7. The Morgan fingerprint density at radius 3 is 2.44 bits per heavy atom. The van der Waals surface area contributed by atoms with E-state index in [1.54, 1.807) is 6.08 Å². The maximum Gasteiger partial charge on any atom is 0.307 e. The lowest BCUT2D eigenvalue weighted by atomic mass is 9.78. The monoisotopic (exact) mass is 348 g/mol. The zero-order valence-corrected chi connectivity index (χ0v) is 15.1. The number of allylic oxidation sites excluding steroid dienone is 3. The van der Waals surface area contributed by atoms with Crippen molar-refractivity contribution in [1.29, 1.82) is 0 Å². The molecule has 0 unspecified atom stereocenters. The molecular formula is C21H32O4. The second kappa shape index (κ2) is 9.54. The van der Waals surface area contributed by atoms with Crippen LogP contribution in [0.4, 0.5) is 0 Å². The van der Waals surface area contributed by atoms with Crippen LogP contribution in [0, 0.1) is 17.8 Å². The van der Waals surface area contributed by atoms with Crippen LogP contribution < -0.4 is 0 Å². The zero-order chi connectivity index (χ0) is 17.5. The van der Waals surface area contributed by atoms with Gasteiger partial charge in [0.2, 0.25) is 0 Å². The van der Waals surface area contributed by atoms with Gasteiger partial charge in [-0.3, -0.25) is 4.79 Å². The molecule has 4 atom stereocenters. The number of fused-ring (bicyclic) bond motifs is 2. The number of hydrogen-bond donors (Lipinski definition) is 1. The zero-order valence-electron chi connectivity index (χ0n) is 15.1. The van der Waals surface area contributed by atoms with Gasteiger partial charge in [-0.25, -0.2) is 0 Å². The molecule has 1 aliphatic carbocycles. The predicted octanol–water partition coefficient (Wildman–Crippen LogP) is 4.35. The van der Waals surface area contributed by atoms with E-state index in [4.69, 9.17) is 14.6 Å². The van der Waals surface area contributed by atoms with Crippen LogP contribution in [0.3, 0.4) is 0 Å². The van der Waals surface area contributed by atoms with Crippen molar-refractivity contribution >= 4 is 5.97 Å². The Labute approximate surface area is 151 Å². The fraction of sp³-hybridized carbons (Fsp3) is 0.762. The summed E-state index contributed by atoms with van der Waals surface area (Å²) in [6.07, 6.45) is 18.7. The van der Waals surface area contributed by atoms with Crippen LogP contribution in [0.5, 0.6) is 0 Å². The summed E-state index contributed by atoms with van der Waals surface area (Å²) in [6, 6.07) is 0. The van der Waals surface area contributed by atoms with E-state index in [1.165, 1.54) is 44.9 Å². The highest BCUT2D eigenvalue weighted by Crippen LogP contribution is 2.45. The highest BCUT2D eigenvalue weighted by Gasteiger charge is 2.48. The van der Waals surface area contributed by atoms with E-state index in [1.807, 2.05) is 12.2 Å². The van der Waals surface area contributed by atoms with E-state index in [9.17, 15) is 4.79 Å². The molecule has 2 saturated heterocycles. The van der Waals surface area contributed by atoms with E-state index < -0.39 is 5.97 Å². The van der Waals surface area contributed by atoms with Gasteiger partial charge in [-0.2, -0.15) is 0 Å². The standard InChI is InChI=1S/C21H32O4/c22-21(23)11-7-2-1-6-10-17-18(20-13-12-19(17)25-20)15-24-14-16-8-4-3-5-9-16/h1-2,6-7,16-20H,3-5,8-15H2,(H,22,23)/t17-,18+,19-,20+/m0/s1. The summed E-state index contributed by atoms with van der Waals surface area (Å²) in [5.74, 6) is 1.05. The van der Waals surface area contributed by atoms with Crippen molar-refractivity contribution in [1.82, 2.24) is 0 Å². The Morgan fingerprint density at radius 1 is 0.960 bits per heavy atom. The minimum atomic E-state index is -0.790. The third-order valence-electron chi connectivity index (χ3n) is 6.06. The van der Waals surface area contributed by atoms with Crippen LogP contribution in [0.25, 0.3) is 0 Å². The Kier molecular flexibility index (Phi) is 7.12. The van der Waals surface area contributed by atoms with E-state index in [0.29, 0.717) is 24.0 Å². The van der Waals surface area contributed by atoms with Gasteiger partial charge < -0.3 is 14.6 Å². The van der Waals surface area contributed by atoms with E-state index in [0.717, 1.165) is 25.6 Å². The summed E-state index contributed by atoms with van der Waals surface area (Å²) >= 11 is 0. The van der Waals surface area contributed by atoms with Gasteiger partial charge in [0, 0.05) is 12.5 Å². The van der Waals surface area contributed by atoms with Crippen molar-refractivity contribution in [3.05, 3.63) is 24.3 Å². The molecule has 2 bridgehead atoms. The van der Waals surface area contributed by atoms with Crippen LogP contribution in [0.2, 0.25) is 0 Å². The summed E-state index contributed by atoms with van der Waals surface area (Å²) in [7, 11) is 0. The van der Waals surface area contributed by atoms with Crippen LogP contribution >= 0.6 is 0 Å². The second-order valence-electron chi connectivity index (χ2n) is 7.85. The van der Waals surface area contributed by atoms with Crippen molar-refractivity contribution < 1.29 is 19.4 Å². The molecule has 0 radical (unpaired) electrons. The number of carboxylic acids is 1. The molecule has 0 amide bonds. The Hall–Kier alpha value is -1.13. The molecular weight excluding hydrogens is 316 g/mol. The van der Waals surface area contributed by atoms with Gasteiger partial charge in [0.05, 0.1) is 25.2 Å². The Morgan fingerprint density at radius 2 is 1.68 bits per heavy atom. The average Bonchev–Trinajstić information content (AvgIpc) is 3.21. The van der Waals surface area contributed by atoms with Gasteiger partial charge in [-0.05, 0) is 43.9 Å². The first-order chi connectivity index (χ1) is 12.2. The highest BCUT2D eigenvalue weighted by molar-refractivity contribution is 5.68. The minimum Gasteiger partial charge on any atom is -0.481 e. The third-order valence-corrected chi connectivity index (χ3v) is 6.06. The summed E-state index contributed by atoms with van der Waals surface area (Å²) in [5, 5.41) is 8.62. The first-order valence-corrected chi connectivity index (χ1v) is 10.0. The van der Waals surface area contributed by atoms with Gasteiger partial charge in [-0.15, -0.1) is 0 Å². The van der Waals surface area contributed by atoms with Crippen LogP contribution in [0.15, 0.2) is 24.3 Å². The smallest absolute Gasteiger partial charge is 0.307 e. The minimum absolute atomic E-state index is 0.0826. The third kappa shape index (κ3) is 5.42. The Bertz CT molecular complexity index is 478. The summed E-state index contributed by atoms with van der Waals surface area (Å²) < 4.78 is 12.3. The topological polar surface area (TPSA) is 55.8 Å². The Balaban J connectivity index is 1.42. The fourth-order valence-corrected chi connectivity index (χ4v) is 4.71. The normalized spacial score (nSPS) is 33.0. The number of aliphatic carboxylic acids is 1. The predicted molar refractivity (Wildman–Crippen MR) is 97.4 cm³/mol. The quantitative estimate of drug-likeness (QED) is 0.629. The van der Waals surface area contributed by atoms with E-state index in [2.05, 4.69) is 6.08 Å². The van der Waals surface area contributed by atoms with Crippen molar-refractivity contribution in [2.75, 3.05) is 13.2 Å². The van der Waals surface area contributed by atoms with Gasteiger partial charge >= 0.3 is 5.97 Å². The lowest BCUT2D eigenvalue weighted by Gasteiger charge is -2.28. The molecule has 1 saturated carbocycles. The molecule has 2 heterocycles. The molecule has 0 spiro atoms. The molecule has 3 rings (SSSR count). The lowest BCUT2D eigenvalue weighted by Crippen LogP contribution is -2.31. The SMILES string of the molecule is O=C(O)CC=CC=CC[C@H]1[C@@H](COCC2CCCCC2)[C@H]2CC[C@@H]1O2. The lowest BCUT2D eigenvalue weighted by molar-refractivity contribution is -0.136. The maximum absolute atomic E-state index is 10.5. The maximum atomic E-state index is 10.5. The van der Waals surface area contributed by atoms with Crippen molar-refractivity contribution in [2.45, 2.75) is 70.0 Å². The van der Waals surface area contributed by atoms with Crippen molar-refractivity contribution in [3.8, 4) is 0 Å². The molecule has 140 valence electrons. The van der Waals surface area contributed by atoms with Crippen molar-refractivity contribution in [2.24, 2.45) is 17.8 Å². The number of carbonyl (C=O) groups is 1. The first-order valence-electron chi connectivity index (χ1n) is 10.0. The molecule has 3 aliphatic rings. The van der Waals surface area contributed by atoms with Gasteiger partial charge in [0.1, 0.15) is 0 Å². The van der Waals surface area contributed by atoms with E-state index >= 15 is 0 Å². The van der Waals surface area contributed by atoms with Crippen LogP contribution in [-0.2, 0) is 14.3 Å². The van der Waals surface area contributed by atoms with Crippen LogP contribution in [-0.4, -0.2) is 36.5 Å². The highest BCUT2D eigenvalue weighted by atomic mass is 16.5. The summed E-state index contributed by atoms with van der Waals surface area (Å²) in [6.45, 7) is 1.76. The number of ether oxygens (including phenoxy) is 2. The van der Waals surface area contributed by atoms with Crippen LogP contribution in [0.1, 0.15) is 57.8 Å². The molecule has 3 fully saturated rings. The molecule has 0 aromatic rings. The molecule has 25 heavy (non-hydrogen) atoms. The molecule has 0 aromatic heterocycles. The van der Waals surface area contributed by atoms with Crippen molar-refractivity contribution in [3.63, 3.8) is 0 Å². The summed E-state index contributed by atoms with van der Waals surface area (Å²) in [4.78, 5) is 10.5. The van der Waals surface area contributed by atoms with Gasteiger partial charge in [-0.1, -0.05) is 43.6 Å². The molecule has 2 aliphatic heterocycles. The summed E-state index contributed by atoms with van der Waals surface area (Å²) in [5.41, 5.74) is 0. The number of carboxylic acid groups (broad SMARTS) is 1. The molecule has 4 heteroatoms. The van der Waals surface area contributed by atoms with E-state index in [-0.39, 0.29) is 6.42 Å². The largest absolute Gasteiger partial charge is 0.481 e. The fourth-order valence-electron chi connectivity index (χ4n) is 4.71. The van der Waals surface area contributed by atoms with Gasteiger partial charge in [0.25, 0.3) is 0 Å². The number of rotatable bonds is 9.